The number of Topliss-reactive ketones (excluding diaryl/α,β-unsaturated/α-hetero) is 1. The number of benzene rings is 1. The molecule has 0 fully saturated rings. The molecule has 0 amide bonds. The van der Waals surface area contributed by atoms with Crippen LogP contribution in [-0.2, 0) is 0 Å². The van der Waals surface area contributed by atoms with Crippen molar-refractivity contribution in [3.63, 3.8) is 0 Å². The van der Waals surface area contributed by atoms with Gasteiger partial charge in [-0.2, -0.15) is 0 Å². The van der Waals surface area contributed by atoms with Crippen molar-refractivity contribution in [1.29, 1.82) is 0 Å². The molecule has 1 atom stereocenters. The van der Waals surface area contributed by atoms with E-state index in [4.69, 9.17) is 11.6 Å². The predicted octanol–water partition coefficient (Wildman–Crippen LogP) is 4.20. The molecule has 5 heteroatoms. The maximum Gasteiger partial charge on any atom is 0.186 e. The van der Waals surface area contributed by atoms with Crippen LogP contribution in [-0.4, -0.2) is 17.8 Å². The van der Waals surface area contributed by atoms with Crippen LogP contribution in [0.4, 0.5) is 5.13 Å². The van der Waals surface area contributed by atoms with Crippen LogP contribution in [0.2, 0.25) is 5.02 Å². The van der Waals surface area contributed by atoms with Crippen LogP contribution < -0.4 is 4.90 Å². The number of ketones is 1. The van der Waals surface area contributed by atoms with E-state index in [9.17, 15) is 4.79 Å². The lowest BCUT2D eigenvalue weighted by atomic mass is 10.1. The summed E-state index contributed by atoms with van der Waals surface area (Å²) in [6, 6.07) is 7.93. The Labute approximate surface area is 121 Å². The minimum absolute atomic E-state index is 0.00459. The Kier molecular flexibility index (Phi) is 4.22. The molecule has 0 bridgehead atoms. The molecule has 0 aliphatic carbocycles. The number of anilines is 1. The van der Waals surface area contributed by atoms with Crippen molar-refractivity contribution >= 4 is 33.9 Å². The van der Waals surface area contributed by atoms with Crippen LogP contribution in [0.25, 0.3) is 0 Å². The summed E-state index contributed by atoms with van der Waals surface area (Å²) in [6.07, 6.45) is 0. The molecule has 0 spiro atoms. The normalized spacial score (nSPS) is 12.2. The molecule has 0 radical (unpaired) electrons. The van der Waals surface area contributed by atoms with Crippen molar-refractivity contribution in [2.45, 2.75) is 19.9 Å². The monoisotopic (exact) mass is 294 g/mol. The van der Waals surface area contributed by atoms with Crippen molar-refractivity contribution < 1.29 is 4.79 Å². The largest absolute Gasteiger partial charge is 0.344 e. The van der Waals surface area contributed by atoms with Crippen molar-refractivity contribution in [1.82, 2.24) is 4.98 Å². The molecule has 19 heavy (non-hydrogen) atoms. The lowest BCUT2D eigenvalue weighted by molar-refractivity contribution is 0.101. The van der Waals surface area contributed by atoms with Gasteiger partial charge in [0.25, 0.3) is 0 Å². The first-order valence-electron chi connectivity index (χ1n) is 5.94. The van der Waals surface area contributed by atoms with Crippen LogP contribution in [0.3, 0.4) is 0 Å². The van der Waals surface area contributed by atoms with Gasteiger partial charge in [0.1, 0.15) is 5.69 Å². The molecule has 0 aliphatic rings. The third-order valence-electron chi connectivity index (χ3n) is 3.09. The summed E-state index contributed by atoms with van der Waals surface area (Å²) < 4.78 is 0. The topological polar surface area (TPSA) is 33.2 Å². The molecule has 2 aromatic rings. The van der Waals surface area contributed by atoms with Gasteiger partial charge in [-0.15, -0.1) is 11.3 Å². The minimum atomic E-state index is -0.00459. The van der Waals surface area contributed by atoms with E-state index in [0.29, 0.717) is 5.69 Å². The minimum Gasteiger partial charge on any atom is -0.344 e. The second kappa shape index (κ2) is 5.72. The van der Waals surface area contributed by atoms with E-state index in [1.54, 1.807) is 5.38 Å². The van der Waals surface area contributed by atoms with E-state index in [1.807, 2.05) is 31.3 Å². The number of carbonyl (C=O) groups excluding carboxylic acids is 1. The Morgan fingerprint density at radius 2 is 2.00 bits per heavy atom. The molecule has 0 N–H and O–H groups in total. The van der Waals surface area contributed by atoms with Crippen LogP contribution in [0.1, 0.15) is 35.9 Å². The zero-order valence-electron chi connectivity index (χ0n) is 11.1. The second-order valence-electron chi connectivity index (χ2n) is 4.41. The molecule has 0 saturated heterocycles. The average Bonchev–Trinajstić information content (AvgIpc) is 2.87. The molecule has 0 aliphatic heterocycles. The van der Waals surface area contributed by atoms with E-state index in [1.165, 1.54) is 18.3 Å². The SMILES string of the molecule is CC(=O)c1csc(N(C)C(C)c2ccc(Cl)cc2)n1. The highest BCUT2D eigenvalue weighted by Gasteiger charge is 2.16. The van der Waals surface area contributed by atoms with Crippen LogP contribution in [0, 0.1) is 0 Å². The Hall–Kier alpha value is -1.39. The number of halogens is 1. The maximum absolute atomic E-state index is 11.3. The van der Waals surface area contributed by atoms with E-state index < -0.39 is 0 Å². The number of rotatable bonds is 4. The van der Waals surface area contributed by atoms with Gasteiger partial charge in [-0.1, -0.05) is 23.7 Å². The fraction of sp³-hybridized carbons (Fsp3) is 0.286. The molecule has 1 unspecified atom stereocenters. The summed E-state index contributed by atoms with van der Waals surface area (Å²) in [5.41, 5.74) is 1.68. The number of aromatic nitrogens is 1. The Morgan fingerprint density at radius 3 is 2.53 bits per heavy atom. The highest BCUT2D eigenvalue weighted by Crippen LogP contribution is 2.28. The molecule has 100 valence electrons. The standard InChI is InChI=1S/C14H15ClN2OS/c1-9(11-4-6-12(15)7-5-11)17(3)14-16-13(8-19-14)10(2)18/h4-9H,1-3H3. The summed E-state index contributed by atoms with van der Waals surface area (Å²) in [7, 11) is 1.97. The van der Waals surface area contributed by atoms with E-state index in [2.05, 4.69) is 16.8 Å². The van der Waals surface area contributed by atoms with Gasteiger partial charge in [-0.25, -0.2) is 4.98 Å². The maximum atomic E-state index is 11.3. The summed E-state index contributed by atoms with van der Waals surface area (Å²) in [5, 5.41) is 3.36. The van der Waals surface area contributed by atoms with Crippen molar-refractivity contribution in [3.05, 3.63) is 45.9 Å². The van der Waals surface area contributed by atoms with Gasteiger partial charge >= 0.3 is 0 Å². The van der Waals surface area contributed by atoms with Crippen LogP contribution in [0.5, 0.6) is 0 Å². The molecule has 1 aromatic carbocycles. The number of hydrogen-bond acceptors (Lipinski definition) is 4. The Balaban J connectivity index is 2.20. The first-order valence-corrected chi connectivity index (χ1v) is 7.19. The zero-order valence-corrected chi connectivity index (χ0v) is 12.6. The third kappa shape index (κ3) is 3.14. The lowest BCUT2D eigenvalue weighted by Crippen LogP contribution is -2.21. The molecular weight excluding hydrogens is 280 g/mol. The highest BCUT2D eigenvalue weighted by molar-refractivity contribution is 7.13. The first-order chi connectivity index (χ1) is 8.99. The fourth-order valence-electron chi connectivity index (χ4n) is 1.72. The molecule has 0 saturated carbocycles. The van der Waals surface area contributed by atoms with E-state index >= 15 is 0 Å². The van der Waals surface area contributed by atoms with Gasteiger partial charge < -0.3 is 4.90 Å². The molecule has 3 nitrogen and oxygen atoms in total. The van der Waals surface area contributed by atoms with Gasteiger partial charge in [0.2, 0.25) is 0 Å². The summed E-state index contributed by atoms with van der Waals surface area (Å²) in [4.78, 5) is 17.7. The van der Waals surface area contributed by atoms with E-state index in [-0.39, 0.29) is 11.8 Å². The van der Waals surface area contributed by atoms with Gasteiger partial charge in [0.05, 0.1) is 6.04 Å². The Bertz CT molecular complexity index is 579. The average molecular weight is 295 g/mol. The van der Waals surface area contributed by atoms with Crippen LogP contribution >= 0.6 is 22.9 Å². The molecular formula is C14H15ClN2OS. The van der Waals surface area contributed by atoms with Gasteiger partial charge in [-0.05, 0) is 24.6 Å². The second-order valence-corrected chi connectivity index (χ2v) is 5.68. The quantitative estimate of drug-likeness (QED) is 0.793. The van der Waals surface area contributed by atoms with Gasteiger partial charge in [0.15, 0.2) is 10.9 Å². The fourth-order valence-corrected chi connectivity index (χ4v) is 2.76. The summed E-state index contributed by atoms with van der Waals surface area (Å²) >= 11 is 7.37. The number of thiazole rings is 1. The molecule has 1 heterocycles. The van der Waals surface area contributed by atoms with Crippen molar-refractivity contribution in [2.75, 3.05) is 11.9 Å². The predicted molar refractivity (Wildman–Crippen MR) is 80.4 cm³/mol. The zero-order chi connectivity index (χ0) is 14.0. The van der Waals surface area contributed by atoms with Gasteiger partial charge in [-0.3, -0.25) is 4.79 Å². The summed E-state index contributed by atoms with van der Waals surface area (Å²) in [5.74, 6) is -0.00459. The van der Waals surface area contributed by atoms with Crippen molar-refractivity contribution in [2.24, 2.45) is 0 Å². The van der Waals surface area contributed by atoms with Gasteiger partial charge in [0, 0.05) is 24.4 Å². The molecule has 2 rings (SSSR count). The number of nitrogens with zero attached hydrogens (tertiary/aromatic N) is 2. The first kappa shape index (κ1) is 14.0. The lowest BCUT2D eigenvalue weighted by Gasteiger charge is -2.24. The van der Waals surface area contributed by atoms with Crippen LogP contribution in [0.15, 0.2) is 29.6 Å². The van der Waals surface area contributed by atoms with Crippen molar-refractivity contribution in [3.8, 4) is 0 Å². The number of hydrogen-bond donors (Lipinski definition) is 0. The smallest absolute Gasteiger partial charge is 0.186 e. The number of carbonyl (C=O) groups is 1. The highest BCUT2D eigenvalue weighted by atomic mass is 35.5. The summed E-state index contributed by atoms with van der Waals surface area (Å²) in [6.45, 7) is 3.62. The third-order valence-corrected chi connectivity index (χ3v) is 4.27. The molecule has 1 aromatic heterocycles. The van der Waals surface area contributed by atoms with E-state index in [0.717, 1.165) is 15.7 Å². The Morgan fingerprint density at radius 1 is 1.37 bits per heavy atom.